The second-order valence-corrected chi connectivity index (χ2v) is 7.00. The van der Waals surface area contributed by atoms with E-state index in [1.54, 1.807) is 4.90 Å². The topological polar surface area (TPSA) is 82.0 Å². The van der Waals surface area contributed by atoms with Crippen LogP contribution in [0.1, 0.15) is 43.5 Å². The first-order valence-corrected chi connectivity index (χ1v) is 8.46. The number of carbonyl (C=O) groups excluding carboxylic acids is 1. The van der Waals surface area contributed by atoms with Crippen molar-refractivity contribution in [2.24, 2.45) is 5.92 Å². The van der Waals surface area contributed by atoms with Crippen molar-refractivity contribution in [3.63, 3.8) is 0 Å². The zero-order valence-electron chi connectivity index (χ0n) is 12.8. The molecule has 0 amide bonds. The van der Waals surface area contributed by atoms with Gasteiger partial charge in [0, 0.05) is 18.5 Å². The first kappa shape index (κ1) is 15.7. The molecule has 1 saturated carbocycles. The van der Waals surface area contributed by atoms with Crippen molar-refractivity contribution in [3.8, 4) is 0 Å². The summed E-state index contributed by atoms with van der Waals surface area (Å²) in [7, 11) is 0. The third-order valence-corrected chi connectivity index (χ3v) is 5.61. The average Bonchev–Trinajstić information content (AvgIpc) is 2.75. The van der Waals surface area contributed by atoms with E-state index in [9.17, 15) is 15.0 Å². The Morgan fingerprint density at radius 2 is 2.23 bits per heavy atom. The average molecular weight is 326 g/mol. The molecule has 0 bridgehead atoms. The van der Waals surface area contributed by atoms with E-state index in [2.05, 4.69) is 5.32 Å². The van der Waals surface area contributed by atoms with E-state index in [1.165, 1.54) is 18.3 Å². The van der Waals surface area contributed by atoms with Gasteiger partial charge in [-0.2, -0.15) is 0 Å². The Labute approximate surface area is 133 Å². The van der Waals surface area contributed by atoms with E-state index in [0.29, 0.717) is 12.5 Å². The molecule has 1 aromatic heterocycles. The fourth-order valence-electron chi connectivity index (χ4n) is 3.31. The molecule has 22 heavy (non-hydrogen) atoms. The molecule has 0 saturated heterocycles. The maximum absolute atomic E-state index is 10.7. The monoisotopic (exact) mass is 326 g/mol. The number of rotatable bonds is 4. The molecule has 3 rings (SSSR count). The lowest BCUT2D eigenvalue weighted by atomic mass is 9.77. The highest BCUT2D eigenvalue weighted by molar-refractivity contribution is 7.14. The lowest BCUT2D eigenvalue weighted by molar-refractivity contribution is -0.149. The van der Waals surface area contributed by atoms with Crippen LogP contribution in [0.4, 0.5) is 5.00 Å². The minimum absolute atomic E-state index is 0.146. The Morgan fingerprint density at radius 1 is 1.50 bits per heavy atom. The molecule has 1 aromatic rings. The highest BCUT2D eigenvalue weighted by Crippen LogP contribution is 2.44. The van der Waals surface area contributed by atoms with Crippen LogP contribution in [0.3, 0.4) is 0 Å². The van der Waals surface area contributed by atoms with E-state index in [0.717, 1.165) is 35.4 Å². The van der Waals surface area contributed by atoms with Crippen molar-refractivity contribution < 1.29 is 19.7 Å². The number of aryl methyl sites for hydroxylation is 1. The molecule has 3 N–H and O–H groups in total. The zero-order chi connectivity index (χ0) is 15.9. The van der Waals surface area contributed by atoms with Crippen molar-refractivity contribution >= 4 is 22.3 Å². The predicted octanol–water partition coefficient (Wildman–Crippen LogP) is 1.78. The first-order chi connectivity index (χ1) is 10.5. The van der Waals surface area contributed by atoms with E-state index in [-0.39, 0.29) is 12.0 Å². The summed E-state index contributed by atoms with van der Waals surface area (Å²) in [5.74, 6) is 0.233. The Bertz CT molecular complexity index is 556. The molecule has 0 aromatic carbocycles. The van der Waals surface area contributed by atoms with Crippen molar-refractivity contribution in [1.29, 1.82) is 0 Å². The summed E-state index contributed by atoms with van der Waals surface area (Å²) in [4.78, 5) is 12.5. The lowest BCUT2D eigenvalue weighted by Crippen LogP contribution is -2.56. The van der Waals surface area contributed by atoms with Gasteiger partial charge in [-0.3, -0.25) is 4.79 Å². The molecule has 1 aliphatic heterocycles. The maximum Gasteiger partial charge on any atom is 0.302 e. The minimum atomic E-state index is -0.861. The number of nitrogens with zero attached hydrogens (tertiary/aromatic N) is 1. The smallest absolute Gasteiger partial charge is 0.302 e. The number of hydrogen-bond acceptors (Lipinski definition) is 7. The van der Waals surface area contributed by atoms with Crippen molar-refractivity contribution in [1.82, 2.24) is 4.90 Å². The molecular weight excluding hydrogens is 304 g/mol. The van der Waals surface area contributed by atoms with Gasteiger partial charge >= 0.3 is 5.97 Å². The number of fused-ring (bicyclic) bond motifs is 1. The highest BCUT2D eigenvalue weighted by atomic mass is 32.1. The molecule has 6 nitrogen and oxygen atoms in total. The molecule has 0 spiro atoms. The quantitative estimate of drug-likeness (QED) is 0.732. The van der Waals surface area contributed by atoms with Crippen LogP contribution in [-0.4, -0.2) is 40.1 Å². The normalized spacial score (nSPS) is 31.1. The van der Waals surface area contributed by atoms with Gasteiger partial charge in [0.15, 0.2) is 6.35 Å². The van der Waals surface area contributed by atoms with Gasteiger partial charge < -0.3 is 20.3 Å². The number of ether oxygens (including phenoxy) is 1. The Morgan fingerprint density at radius 3 is 2.91 bits per heavy atom. The van der Waals surface area contributed by atoms with Gasteiger partial charge in [-0.15, -0.1) is 11.3 Å². The minimum Gasteiger partial charge on any atom is -0.466 e. The van der Waals surface area contributed by atoms with Crippen molar-refractivity contribution in [2.45, 2.75) is 51.7 Å². The van der Waals surface area contributed by atoms with Crippen LogP contribution in [0.15, 0.2) is 5.38 Å². The van der Waals surface area contributed by atoms with Crippen LogP contribution in [-0.2, 0) is 9.53 Å². The second-order valence-electron chi connectivity index (χ2n) is 6.12. The number of aliphatic hydroxyl groups is 2. The molecule has 1 aliphatic carbocycles. The second kappa shape index (κ2) is 6.16. The van der Waals surface area contributed by atoms with Crippen LogP contribution < -0.4 is 5.32 Å². The van der Waals surface area contributed by atoms with Crippen LogP contribution in [0.5, 0.6) is 0 Å². The summed E-state index contributed by atoms with van der Waals surface area (Å²) in [6.45, 7) is 3.83. The third-order valence-electron chi connectivity index (χ3n) is 4.57. The Kier molecular flexibility index (Phi) is 4.40. The van der Waals surface area contributed by atoms with Crippen LogP contribution in [0, 0.1) is 12.8 Å². The van der Waals surface area contributed by atoms with Crippen molar-refractivity contribution in [2.75, 3.05) is 11.9 Å². The van der Waals surface area contributed by atoms with Gasteiger partial charge in [-0.05, 0) is 43.0 Å². The number of esters is 1. The number of anilines is 1. The standard InChI is InChI=1S/C15H22N2O4S/c1-8-7-22-13-12(8)14(19)17(15(20)16-13)11-5-10(6-11)3-4-21-9(2)18/h7,10-11,14-16,19-20H,3-6H2,1-2H3. The molecule has 7 heteroatoms. The van der Waals surface area contributed by atoms with Gasteiger partial charge in [0.2, 0.25) is 0 Å². The van der Waals surface area contributed by atoms with Gasteiger partial charge in [-0.1, -0.05) is 0 Å². The van der Waals surface area contributed by atoms with E-state index in [4.69, 9.17) is 4.74 Å². The summed E-state index contributed by atoms with van der Waals surface area (Å²) in [5.41, 5.74) is 1.92. The number of carbonyl (C=O) groups is 1. The largest absolute Gasteiger partial charge is 0.466 e. The highest BCUT2D eigenvalue weighted by Gasteiger charge is 2.43. The molecule has 2 aliphatic rings. The predicted molar refractivity (Wildman–Crippen MR) is 83.2 cm³/mol. The van der Waals surface area contributed by atoms with Crippen LogP contribution >= 0.6 is 11.3 Å². The number of nitrogens with one attached hydrogen (secondary N) is 1. The van der Waals surface area contributed by atoms with E-state index in [1.807, 2.05) is 12.3 Å². The summed E-state index contributed by atoms with van der Waals surface area (Å²) < 4.78 is 4.96. The summed E-state index contributed by atoms with van der Waals surface area (Å²) in [5, 5.41) is 26.7. The SMILES string of the molecule is CC(=O)OCCC1CC(N2C(O)Nc3scc(C)c3C2O)C1. The van der Waals surface area contributed by atoms with Gasteiger partial charge in [-0.25, -0.2) is 4.90 Å². The van der Waals surface area contributed by atoms with Crippen LogP contribution in [0.25, 0.3) is 0 Å². The first-order valence-electron chi connectivity index (χ1n) is 7.59. The van der Waals surface area contributed by atoms with Gasteiger partial charge in [0.05, 0.1) is 11.6 Å². The van der Waals surface area contributed by atoms with E-state index < -0.39 is 12.6 Å². The van der Waals surface area contributed by atoms with Crippen LogP contribution in [0.2, 0.25) is 0 Å². The zero-order valence-corrected chi connectivity index (χ0v) is 13.6. The summed E-state index contributed by atoms with van der Waals surface area (Å²) in [6.07, 6.45) is 1.01. The molecule has 122 valence electrons. The summed E-state index contributed by atoms with van der Waals surface area (Å²) in [6, 6.07) is 0.146. The lowest BCUT2D eigenvalue weighted by Gasteiger charge is -2.48. The third kappa shape index (κ3) is 2.86. The number of thiophene rings is 1. The Hall–Kier alpha value is -1.15. The molecule has 2 unspecified atom stereocenters. The number of aliphatic hydroxyl groups excluding tert-OH is 2. The molecule has 1 fully saturated rings. The maximum atomic E-state index is 10.7. The van der Waals surface area contributed by atoms with E-state index >= 15 is 0 Å². The molecule has 2 atom stereocenters. The summed E-state index contributed by atoms with van der Waals surface area (Å²) >= 11 is 1.51. The molecule has 0 radical (unpaired) electrons. The van der Waals surface area contributed by atoms with Crippen molar-refractivity contribution in [3.05, 3.63) is 16.5 Å². The molecular formula is C15H22N2O4S. The molecule has 2 heterocycles. The van der Waals surface area contributed by atoms with Gasteiger partial charge in [0.1, 0.15) is 6.23 Å². The fourth-order valence-corrected chi connectivity index (χ4v) is 4.30. The van der Waals surface area contributed by atoms with Gasteiger partial charge in [0.25, 0.3) is 0 Å². The Balaban J connectivity index is 1.58. The number of hydrogen-bond donors (Lipinski definition) is 3. The fraction of sp³-hybridized carbons (Fsp3) is 0.667.